The van der Waals surface area contributed by atoms with E-state index in [2.05, 4.69) is 5.32 Å². The van der Waals surface area contributed by atoms with Crippen LogP contribution in [0.15, 0.2) is 65.6 Å². The van der Waals surface area contributed by atoms with Crippen molar-refractivity contribution in [1.29, 1.82) is 0 Å². The van der Waals surface area contributed by atoms with Crippen molar-refractivity contribution in [2.45, 2.75) is 45.2 Å². The third-order valence-corrected chi connectivity index (χ3v) is 8.93. The van der Waals surface area contributed by atoms with Gasteiger partial charge < -0.3 is 10.2 Å². The quantitative estimate of drug-likeness (QED) is 0.305. The summed E-state index contributed by atoms with van der Waals surface area (Å²) in [6.45, 7) is 6.75. The second-order valence-electron chi connectivity index (χ2n) is 9.10. The molecule has 0 heterocycles. The molecule has 0 bridgehead atoms. The molecule has 2 amide bonds. The van der Waals surface area contributed by atoms with E-state index in [-0.39, 0.29) is 23.0 Å². The maximum atomic E-state index is 13.9. The summed E-state index contributed by atoms with van der Waals surface area (Å²) in [6.07, 6.45) is 0. The lowest BCUT2D eigenvalue weighted by molar-refractivity contribution is -0.139. The summed E-state index contributed by atoms with van der Waals surface area (Å²) in [7, 11) is -4.19. The van der Waals surface area contributed by atoms with Gasteiger partial charge >= 0.3 is 0 Å². The van der Waals surface area contributed by atoms with Gasteiger partial charge in [0.15, 0.2) is 0 Å². The molecule has 7 nitrogen and oxygen atoms in total. The molecule has 3 rings (SSSR count). The van der Waals surface area contributed by atoms with E-state index in [0.717, 1.165) is 9.87 Å². The summed E-state index contributed by atoms with van der Waals surface area (Å²) in [5.41, 5.74) is 2.38. The molecule has 0 aromatic heterocycles. The first-order chi connectivity index (χ1) is 18.3. The number of likely N-dealkylation sites (N-methyl/N-ethyl adjacent to an activating group) is 1. The van der Waals surface area contributed by atoms with Crippen molar-refractivity contribution in [3.05, 3.63) is 92.4 Å². The van der Waals surface area contributed by atoms with Crippen LogP contribution in [0.1, 0.15) is 30.5 Å². The minimum Gasteiger partial charge on any atom is -0.355 e. The normalized spacial score (nSPS) is 12.1. The maximum absolute atomic E-state index is 13.9. The Morgan fingerprint density at radius 3 is 2.21 bits per heavy atom. The van der Waals surface area contributed by atoms with Crippen LogP contribution < -0.4 is 9.62 Å². The van der Waals surface area contributed by atoms with Gasteiger partial charge in [0.05, 0.1) is 20.6 Å². The SMILES string of the molecule is CCNC(=O)C(C)N(Cc1ccc(Cl)c(Cl)c1)C(=O)CN(c1cc(Cl)ccc1C)S(=O)(=O)c1ccc(C)cc1. The molecule has 0 saturated heterocycles. The number of hydrogen-bond donors (Lipinski definition) is 1. The number of carbonyl (C=O) groups excluding carboxylic acids is 2. The lowest BCUT2D eigenvalue weighted by Gasteiger charge is -2.32. The van der Waals surface area contributed by atoms with Gasteiger partial charge in [-0.15, -0.1) is 0 Å². The van der Waals surface area contributed by atoms with E-state index in [1.165, 1.54) is 23.1 Å². The molecule has 39 heavy (non-hydrogen) atoms. The van der Waals surface area contributed by atoms with Crippen molar-refractivity contribution in [2.75, 3.05) is 17.4 Å². The molecule has 1 N–H and O–H groups in total. The molecule has 0 radical (unpaired) electrons. The molecule has 0 saturated carbocycles. The zero-order valence-electron chi connectivity index (χ0n) is 22.0. The third kappa shape index (κ3) is 7.45. The van der Waals surface area contributed by atoms with Gasteiger partial charge in [-0.1, -0.05) is 64.6 Å². The van der Waals surface area contributed by atoms with Gasteiger partial charge in [0, 0.05) is 18.1 Å². The van der Waals surface area contributed by atoms with Crippen LogP contribution in [-0.4, -0.2) is 44.3 Å². The van der Waals surface area contributed by atoms with Crippen LogP contribution in [0.3, 0.4) is 0 Å². The minimum absolute atomic E-state index is 0.000963. The highest BCUT2D eigenvalue weighted by molar-refractivity contribution is 7.92. The van der Waals surface area contributed by atoms with Crippen LogP contribution >= 0.6 is 34.8 Å². The van der Waals surface area contributed by atoms with Gasteiger partial charge in [0.2, 0.25) is 11.8 Å². The number of hydrogen-bond acceptors (Lipinski definition) is 4. The number of aryl methyl sites for hydroxylation is 2. The number of nitrogens with zero attached hydrogens (tertiary/aromatic N) is 2. The van der Waals surface area contributed by atoms with E-state index in [4.69, 9.17) is 34.8 Å². The summed E-state index contributed by atoms with van der Waals surface area (Å²) in [5.74, 6) is -0.965. The Labute approximate surface area is 244 Å². The zero-order chi connectivity index (χ0) is 28.9. The van der Waals surface area contributed by atoms with Gasteiger partial charge in [0.25, 0.3) is 10.0 Å². The highest BCUT2D eigenvalue weighted by Crippen LogP contribution is 2.30. The summed E-state index contributed by atoms with van der Waals surface area (Å²) < 4.78 is 28.9. The Bertz CT molecular complexity index is 1460. The summed E-state index contributed by atoms with van der Waals surface area (Å²) in [4.78, 5) is 28.1. The Hall–Kier alpha value is -2.78. The van der Waals surface area contributed by atoms with Gasteiger partial charge in [-0.05, 0) is 75.2 Å². The summed E-state index contributed by atoms with van der Waals surface area (Å²) in [6, 6.07) is 15.2. The van der Waals surface area contributed by atoms with E-state index in [0.29, 0.717) is 32.7 Å². The highest BCUT2D eigenvalue weighted by Gasteiger charge is 2.33. The molecule has 0 fully saturated rings. The fourth-order valence-electron chi connectivity index (χ4n) is 3.94. The molecule has 1 unspecified atom stereocenters. The molecule has 0 aliphatic carbocycles. The summed E-state index contributed by atoms with van der Waals surface area (Å²) in [5, 5.41) is 3.68. The van der Waals surface area contributed by atoms with Crippen LogP contribution in [-0.2, 0) is 26.2 Å². The number of carbonyl (C=O) groups is 2. The van der Waals surface area contributed by atoms with Crippen LogP contribution in [0, 0.1) is 13.8 Å². The molecule has 1 atom stereocenters. The Morgan fingerprint density at radius 2 is 1.59 bits per heavy atom. The Morgan fingerprint density at radius 1 is 0.923 bits per heavy atom. The number of anilines is 1. The van der Waals surface area contributed by atoms with Crippen molar-refractivity contribution in [2.24, 2.45) is 0 Å². The molecule has 208 valence electrons. The standard InChI is InChI=1S/C28H30Cl3N3O4S/c1-5-32-28(36)20(4)33(16-21-9-13-24(30)25(31)14-21)27(35)17-34(26-15-22(29)10-8-19(26)3)39(37,38)23-11-6-18(2)7-12-23/h6-15,20H,5,16-17H2,1-4H3,(H,32,36). The fraction of sp³-hybridized carbons (Fsp3) is 0.286. The highest BCUT2D eigenvalue weighted by atomic mass is 35.5. The predicted octanol–water partition coefficient (Wildman–Crippen LogP) is 6.01. The second kappa shape index (κ2) is 13.0. The maximum Gasteiger partial charge on any atom is 0.264 e. The first kappa shape index (κ1) is 30.8. The average Bonchev–Trinajstić information content (AvgIpc) is 2.89. The second-order valence-corrected chi connectivity index (χ2v) is 12.2. The Kier molecular flexibility index (Phi) is 10.3. The molecule has 0 aliphatic rings. The first-order valence-electron chi connectivity index (χ1n) is 12.2. The molecule has 11 heteroatoms. The van der Waals surface area contributed by atoms with Gasteiger partial charge in [0.1, 0.15) is 12.6 Å². The number of halogens is 3. The summed E-state index contributed by atoms with van der Waals surface area (Å²) >= 11 is 18.5. The molecular weight excluding hydrogens is 581 g/mol. The molecule has 3 aromatic carbocycles. The molecular formula is C28H30Cl3N3O4S. The van der Waals surface area contributed by atoms with E-state index in [9.17, 15) is 18.0 Å². The van der Waals surface area contributed by atoms with Gasteiger partial charge in [-0.2, -0.15) is 0 Å². The van der Waals surface area contributed by atoms with Gasteiger partial charge in [-0.3, -0.25) is 13.9 Å². The predicted molar refractivity (Wildman–Crippen MR) is 157 cm³/mol. The number of nitrogens with one attached hydrogen (secondary N) is 1. The first-order valence-corrected chi connectivity index (χ1v) is 14.8. The lowest BCUT2D eigenvalue weighted by atomic mass is 10.1. The fourth-order valence-corrected chi connectivity index (χ4v) is 5.90. The van der Waals surface area contributed by atoms with Crippen LogP contribution in [0.25, 0.3) is 0 Å². The topological polar surface area (TPSA) is 86.8 Å². The average molecular weight is 611 g/mol. The van der Waals surface area contributed by atoms with Crippen LogP contribution in [0.5, 0.6) is 0 Å². The van der Waals surface area contributed by atoms with Crippen LogP contribution in [0.2, 0.25) is 15.1 Å². The van der Waals surface area contributed by atoms with Crippen molar-refractivity contribution in [1.82, 2.24) is 10.2 Å². The van der Waals surface area contributed by atoms with Crippen molar-refractivity contribution in [3.63, 3.8) is 0 Å². The van der Waals surface area contributed by atoms with E-state index >= 15 is 0 Å². The van der Waals surface area contributed by atoms with Gasteiger partial charge in [-0.25, -0.2) is 8.42 Å². The van der Waals surface area contributed by atoms with E-state index < -0.39 is 28.5 Å². The Balaban J connectivity index is 2.08. The molecule has 3 aromatic rings. The number of rotatable bonds is 10. The molecule has 0 spiro atoms. The lowest BCUT2D eigenvalue weighted by Crippen LogP contribution is -2.51. The number of benzene rings is 3. The van der Waals surface area contributed by atoms with Crippen molar-refractivity contribution in [3.8, 4) is 0 Å². The monoisotopic (exact) mass is 609 g/mol. The number of amides is 2. The zero-order valence-corrected chi connectivity index (χ0v) is 25.1. The van der Waals surface area contributed by atoms with Crippen molar-refractivity contribution < 1.29 is 18.0 Å². The van der Waals surface area contributed by atoms with Crippen molar-refractivity contribution >= 4 is 62.3 Å². The van der Waals surface area contributed by atoms with Crippen LogP contribution in [0.4, 0.5) is 5.69 Å². The van der Waals surface area contributed by atoms with E-state index in [1.807, 2.05) is 6.92 Å². The smallest absolute Gasteiger partial charge is 0.264 e. The number of sulfonamides is 1. The van der Waals surface area contributed by atoms with E-state index in [1.54, 1.807) is 63.2 Å². The largest absolute Gasteiger partial charge is 0.355 e. The minimum atomic E-state index is -4.19. The molecule has 0 aliphatic heterocycles. The third-order valence-electron chi connectivity index (χ3n) is 6.18.